The zero-order valence-corrected chi connectivity index (χ0v) is 6.76. The molecule has 1 rings (SSSR count). The Morgan fingerprint density at radius 1 is 1.18 bits per heavy atom. The minimum absolute atomic E-state index is 0.0142. The van der Waals surface area contributed by atoms with Gasteiger partial charge >= 0.3 is 0 Å². The number of phenols is 1. The predicted molar refractivity (Wildman–Crippen MR) is 43.5 cm³/mol. The van der Waals surface area contributed by atoms with E-state index in [1.54, 1.807) is 6.07 Å². The molecule has 2 nitrogen and oxygen atoms in total. The van der Waals surface area contributed by atoms with Crippen molar-refractivity contribution in [3.63, 3.8) is 0 Å². The van der Waals surface area contributed by atoms with E-state index in [2.05, 4.69) is 0 Å². The maximum atomic E-state index is 9.24. The third-order valence-corrected chi connectivity index (χ3v) is 1.82. The standard InChI is InChI=1S/C9H12O2/c1-6-3-7(2)9(11)4-8(6)5-10/h3-4,10-11H,5H2,1-2H3. The summed E-state index contributed by atoms with van der Waals surface area (Å²) in [6, 6.07) is 3.46. The fraction of sp³-hybridized carbons (Fsp3) is 0.333. The van der Waals surface area contributed by atoms with Crippen molar-refractivity contribution in [1.82, 2.24) is 0 Å². The van der Waals surface area contributed by atoms with Crippen molar-refractivity contribution in [3.8, 4) is 5.75 Å². The van der Waals surface area contributed by atoms with Crippen LogP contribution in [0.4, 0.5) is 0 Å². The van der Waals surface area contributed by atoms with E-state index < -0.39 is 0 Å². The van der Waals surface area contributed by atoms with Gasteiger partial charge in [0.1, 0.15) is 5.75 Å². The average molecular weight is 152 g/mol. The maximum absolute atomic E-state index is 9.24. The first-order chi connectivity index (χ1) is 5.15. The molecule has 60 valence electrons. The summed E-state index contributed by atoms with van der Waals surface area (Å²) in [5.74, 6) is 0.250. The van der Waals surface area contributed by atoms with Gasteiger partial charge in [-0.2, -0.15) is 0 Å². The van der Waals surface area contributed by atoms with E-state index in [4.69, 9.17) is 5.11 Å². The fourth-order valence-corrected chi connectivity index (χ4v) is 1.05. The van der Waals surface area contributed by atoms with Gasteiger partial charge in [0.2, 0.25) is 0 Å². The molecule has 0 aliphatic carbocycles. The van der Waals surface area contributed by atoms with Crippen molar-refractivity contribution in [1.29, 1.82) is 0 Å². The lowest BCUT2D eigenvalue weighted by molar-refractivity contribution is 0.280. The molecular weight excluding hydrogens is 140 g/mol. The van der Waals surface area contributed by atoms with Crippen molar-refractivity contribution >= 4 is 0 Å². The van der Waals surface area contributed by atoms with Crippen molar-refractivity contribution in [2.24, 2.45) is 0 Å². The molecule has 0 spiro atoms. The molecule has 2 N–H and O–H groups in total. The molecule has 0 saturated carbocycles. The number of aliphatic hydroxyl groups is 1. The Kier molecular flexibility index (Phi) is 2.15. The van der Waals surface area contributed by atoms with Gasteiger partial charge in [0.15, 0.2) is 0 Å². The van der Waals surface area contributed by atoms with E-state index in [1.165, 1.54) is 0 Å². The highest BCUT2D eigenvalue weighted by atomic mass is 16.3. The summed E-state index contributed by atoms with van der Waals surface area (Å²) in [5.41, 5.74) is 2.65. The van der Waals surface area contributed by atoms with Gasteiger partial charge < -0.3 is 10.2 Å². The van der Waals surface area contributed by atoms with Crippen LogP contribution in [-0.4, -0.2) is 10.2 Å². The van der Waals surface area contributed by atoms with E-state index >= 15 is 0 Å². The Morgan fingerprint density at radius 2 is 1.82 bits per heavy atom. The maximum Gasteiger partial charge on any atom is 0.118 e. The summed E-state index contributed by atoms with van der Waals surface area (Å²) in [6.45, 7) is 3.74. The topological polar surface area (TPSA) is 40.5 Å². The second-order valence-electron chi connectivity index (χ2n) is 2.72. The Morgan fingerprint density at radius 3 is 2.36 bits per heavy atom. The smallest absolute Gasteiger partial charge is 0.118 e. The number of rotatable bonds is 1. The first-order valence-corrected chi connectivity index (χ1v) is 3.55. The van der Waals surface area contributed by atoms with Gasteiger partial charge in [0.05, 0.1) is 6.61 Å². The zero-order valence-electron chi connectivity index (χ0n) is 6.76. The lowest BCUT2D eigenvalue weighted by atomic mass is 10.1. The van der Waals surface area contributed by atoms with Crippen molar-refractivity contribution in [3.05, 3.63) is 28.8 Å². The van der Waals surface area contributed by atoms with Crippen LogP contribution >= 0.6 is 0 Å². The molecule has 0 saturated heterocycles. The second-order valence-corrected chi connectivity index (χ2v) is 2.72. The van der Waals surface area contributed by atoms with E-state index in [0.717, 1.165) is 16.7 Å². The second kappa shape index (κ2) is 2.93. The highest BCUT2D eigenvalue weighted by Crippen LogP contribution is 2.20. The van der Waals surface area contributed by atoms with Crippen LogP contribution in [0.2, 0.25) is 0 Å². The van der Waals surface area contributed by atoms with Crippen molar-refractivity contribution in [2.75, 3.05) is 0 Å². The molecule has 2 heteroatoms. The summed E-state index contributed by atoms with van der Waals surface area (Å²) < 4.78 is 0. The van der Waals surface area contributed by atoms with Gasteiger partial charge in [-0.1, -0.05) is 6.07 Å². The van der Waals surface area contributed by atoms with Crippen molar-refractivity contribution in [2.45, 2.75) is 20.5 Å². The van der Waals surface area contributed by atoms with E-state index in [-0.39, 0.29) is 12.4 Å². The van der Waals surface area contributed by atoms with Gasteiger partial charge in [-0.3, -0.25) is 0 Å². The first kappa shape index (κ1) is 8.08. The molecule has 0 bridgehead atoms. The molecule has 0 aliphatic heterocycles. The van der Waals surface area contributed by atoms with Crippen LogP contribution in [0.25, 0.3) is 0 Å². The zero-order chi connectivity index (χ0) is 8.43. The van der Waals surface area contributed by atoms with Gasteiger partial charge in [-0.05, 0) is 36.6 Å². The van der Waals surface area contributed by atoms with Gasteiger partial charge in [0, 0.05) is 0 Å². The number of hydrogen-bond acceptors (Lipinski definition) is 2. The Labute approximate surface area is 66.1 Å². The fourth-order valence-electron chi connectivity index (χ4n) is 1.05. The van der Waals surface area contributed by atoms with Crippen LogP contribution in [0.3, 0.4) is 0 Å². The normalized spacial score (nSPS) is 10.1. The summed E-state index contributed by atoms with van der Waals surface area (Å²) in [4.78, 5) is 0. The van der Waals surface area contributed by atoms with E-state index in [0.29, 0.717) is 0 Å². The summed E-state index contributed by atoms with van der Waals surface area (Å²) in [6.07, 6.45) is 0. The van der Waals surface area contributed by atoms with E-state index in [1.807, 2.05) is 19.9 Å². The highest BCUT2D eigenvalue weighted by Gasteiger charge is 2.01. The lowest BCUT2D eigenvalue weighted by Crippen LogP contribution is -1.89. The predicted octanol–water partition coefficient (Wildman–Crippen LogP) is 1.50. The molecule has 1 aromatic rings. The number of hydrogen-bond donors (Lipinski definition) is 2. The molecule has 0 heterocycles. The lowest BCUT2D eigenvalue weighted by Gasteiger charge is -2.05. The van der Waals surface area contributed by atoms with Crippen LogP contribution in [-0.2, 0) is 6.61 Å². The molecule has 0 aliphatic rings. The monoisotopic (exact) mass is 152 g/mol. The Bertz CT molecular complexity index is 267. The Hall–Kier alpha value is -1.02. The quantitative estimate of drug-likeness (QED) is 0.640. The third-order valence-electron chi connectivity index (χ3n) is 1.82. The number of aromatic hydroxyl groups is 1. The highest BCUT2D eigenvalue weighted by molar-refractivity contribution is 5.40. The first-order valence-electron chi connectivity index (χ1n) is 3.55. The molecule has 0 amide bonds. The number of phenolic OH excluding ortho intramolecular Hbond substituents is 1. The molecule has 11 heavy (non-hydrogen) atoms. The van der Waals surface area contributed by atoms with Gasteiger partial charge in [-0.25, -0.2) is 0 Å². The number of aryl methyl sites for hydroxylation is 2. The minimum Gasteiger partial charge on any atom is -0.508 e. The van der Waals surface area contributed by atoms with Crippen LogP contribution in [0.1, 0.15) is 16.7 Å². The summed E-state index contributed by atoms with van der Waals surface area (Å²) in [5, 5.41) is 18.1. The molecule has 0 atom stereocenters. The van der Waals surface area contributed by atoms with Gasteiger partial charge in [-0.15, -0.1) is 0 Å². The van der Waals surface area contributed by atoms with Gasteiger partial charge in [0.25, 0.3) is 0 Å². The molecule has 0 fully saturated rings. The van der Waals surface area contributed by atoms with Crippen LogP contribution in [0.15, 0.2) is 12.1 Å². The largest absolute Gasteiger partial charge is 0.508 e. The molecule has 1 aromatic carbocycles. The average Bonchev–Trinajstić information content (AvgIpc) is 1.97. The summed E-state index contributed by atoms with van der Waals surface area (Å²) >= 11 is 0. The molecule has 0 aromatic heterocycles. The van der Waals surface area contributed by atoms with Crippen LogP contribution < -0.4 is 0 Å². The van der Waals surface area contributed by atoms with Crippen LogP contribution in [0, 0.1) is 13.8 Å². The molecular formula is C9H12O2. The molecule has 0 unspecified atom stereocenters. The number of benzene rings is 1. The molecule has 0 radical (unpaired) electrons. The third kappa shape index (κ3) is 1.52. The SMILES string of the molecule is Cc1cc(C)c(CO)cc1O. The van der Waals surface area contributed by atoms with Crippen molar-refractivity contribution < 1.29 is 10.2 Å². The minimum atomic E-state index is -0.0142. The van der Waals surface area contributed by atoms with Crippen LogP contribution in [0.5, 0.6) is 5.75 Å². The van der Waals surface area contributed by atoms with E-state index in [9.17, 15) is 5.11 Å². The Balaban J connectivity index is 3.21. The number of aliphatic hydroxyl groups excluding tert-OH is 1. The summed E-state index contributed by atoms with van der Waals surface area (Å²) in [7, 11) is 0.